The van der Waals surface area contributed by atoms with Gasteiger partial charge in [0.05, 0.1) is 6.26 Å². The Balaban J connectivity index is 2.51. The zero-order valence-electron chi connectivity index (χ0n) is 11.4. The van der Waals surface area contributed by atoms with Crippen molar-refractivity contribution in [3.8, 4) is 0 Å². The molecule has 0 fully saturated rings. The Labute approximate surface area is 112 Å². The summed E-state index contributed by atoms with van der Waals surface area (Å²) in [7, 11) is 1.48. The number of amides is 2. The molecule has 0 saturated heterocycles. The van der Waals surface area contributed by atoms with Crippen LogP contribution in [0.15, 0.2) is 22.8 Å². The van der Waals surface area contributed by atoms with E-state index in [2.05, 4.69) is 5.32 Å². The summed E-state index contributed by atoms with van der Waals surface area (Å²) in [5.74, 6) is -0.223. The summed E-state index contributed by atoms with van der Waals surface area (Å²) >= 11 is 0. The molecule has 0 bridgehead atoms. The van der Waals surface area contributed by atoms with Crippen molar-refractivity contribution in [3.63, 3.8) is 0 Å². The van der Waals surface area contributed by atoms with Gasteiger partial charge >= 0.3 is 12.0 Å². The van der Waals surface area contributed by atoms with Crippen LogP contribution >= 0.6 is 0 Å². The van der Waals surface area contributed by atoms with Gasteiger partial charge in [-0.25, -0.2) is 9.59 Å². The first-order chi connectivity index (χ1) is 8.95. The van der Waals surface area contributed by atoms with Crippen molar-refractivity contribution in [1.29, 1.82) is 0 Å². The van der Waals surface area contributed by atoms with E-state index in [-0.39, 0.29) is 6.04 Å². The molecule has 2 unspecified atom stereocenters. The first-order valence-corrected chi connectivity index (χ1v) is 6.24. The number of nitrogens with one attached hydrogen (secondary N) is 1. The molecule has 1 aromatic heterocycles. The van der Waals surface area contributed by atoms with E-state index < -0.39 is 18.0 Å². The van der Waals surface area contributed by atoms with Crippen LogP contribution in [0, 0.1) is 0 Å². The molecule has 2 amide bonds. The fourth-order valence-electron chi connectivity index (χ4n) is 1.85. The fourth-order valence-corrected chi connectivity index (χ4v) is 1.85. The molecule has 1 rings (SSSR count). The highest BCUT2D eigenvalue weighted by Gasteiger charge is 2.25. The van der Waals surface area contributed by atoms with E-state index in [1.807, 2.05) is 13.0 Å². The second kappa shape index (κ2) is 6.82. The minimum absolute atomic E-state index is 0.132. The van der Waals surface area contributed by atoms with Gasteiger partial charge in [0.25, 0.3) is 0 Å². The molecular formula is C13H20N2O4. The molecular weight excluding hydrogens is 248 g/mol. The summed E-state index contributed by atoms with van der Waals surface area (Å²) in [5.41, 5.74) is 0. The first-order valence-electron chi connectivity index (χ1n) is 6.24. The maximum Gasteiger partial charge on any atom is 0.326 e. The molecule has 6 heteroatoms. The van der Waals surface area contributed by atoms with Crippen molar-refractivity contribution in [2.75, 3.05) is 7.05 Å². The Kier molecular flexibility index (Phi) is 5.41. The summed E-state index contributed by atoms with van der Waals surface area (Å²) in [6.07, 6.45) is 2.51. The Morgan fingerprint density at radius 3 is 2.68 bits per heavy atom. The molecule has 0 saturated carbocycles. The topological polar surface area (TPSA) is 82.8 Å². The van der Waals surface area contributed by atoms with Gasteiger partial charge in [0.15, 0.2) is 0 Å². The van der Waals surface area contributed by atoms with Gasteiger partial charge in [0.1, 0.15) is 11.8 Å². The van der Waals surface area contributed by atoms with Gasteiger partial charge in [-0.1, -0.05) is 6.92 Å². The molecule has 0 aliphatic carbocycles. The normalized spacial score (nSPS) is 13.6. The lowest BCUT2D eigenvalue weighted by molar-refractivity contribution is -0.141. The van der Waals surface area contributed by atoms with Crippen LogP contribution in [0.1, 0.15) is 26.0 Å². The highest BCUT2D eigenvalue weighted by atomic mass is 16.4. The molecule has 0 aromatic carbocycles. The van der Waals surface area contributed by atoms with Crippen LogP contribution < -0.4 is 5.32 Å². The summed E-state index contributed by atoms with van der Waals surface area (Å²) < 4.78 is 5.19. The summed E-state index contributed by atoms with van der Waals surface area (Å²) in [4.78, 5) is 24.1. The predicted molar refractivity (Wildman–Crippen MR) is 69.9 cm³/mol. The number of aliphatic carboxylic acids is 1. The van der Waals surface area contributed by atoms with Crippen LogP contribution in [0.2, 0.25) is 0 Å². The smallest absolute Gasteiger partial charge is 0.326 e. The van der Waals surface area contributed by atoms with E-state index >= 15 is 0 Å². The van der Waals surface area contributed by atoms with E-state index in [0.29, 0.717) is 12.8 Å². The molecule has 0 spiro atoms. The van der Waals surface area contributed by atoms with Gasteiger partial charge in [-0.15, -0.1) is 0 Å². The fraction of sp³-hybridized carbons (Fsp3) is 0.538. The summed E-state index contributed by atoms with van der Waals surface area (Å²) in [6, 6.07) is 2.28. The number of likely N-dealkylation sites (N-methyl/N-ethyl adjacent to an activating group) is 1. The number of urea groups is 1. The van der Waals surface area contributed by atoms with Gasteiger partial charge < -0.3 is 19.7 Å². The quantitative estimate of drug-likeness (QED) is 0.822. The molecule has 1 aromatic rings. The van der Waals surface area contributed by atoms with Crippen LogP contribution in [-0.2, 0) is 11.2 Å². The Morgan fingerprint density at radius 2 is 2.21 bits per heavy atom. The van der Waals surface area contributed by atoms with E-state index in [4.69, 9.17) is 9.52 Å². The number of rotatable bonds is 6. The van der Waals surface area contributed by atoms with Crippen LogP contribution in [-0.4, -0.2) is 41.1 Å². The second-order valence-corrected chi connectivity index (χ2v) is 4.51. The third kappa shape index (κ3) is 4.31. The lowest BCUT2D eigenvalue weighted by Gasteiger charge is -2.25. The van der Waals surface area contributed by atoms with Crippen molar-refractivity contribution in [3.05, 3.63) is 24.2 Å². The average molecular weight is 268 g/mol. The molecule has 19 heavy (non-hydrogen) atoms. The van der Waals surface area contributed by atoms with Gasteiger partial charge in [-0.05, 0) is 25.5 Å². The molecule has 0 aliphatic heterocycles. The van der Waals surface area contributed by atoms with Crippen molar-refractivity contribution in [2.24, 2.45) is 0 Å². The number of hydrogen-bond donors (Lipinski definition) is 2. The lowest BCUT2D eigenvalue weighted by Crippen LogP contribution is -2.49. The van der Waals surface area contributed by atoms with Crippen molar-refractivity contribution >= 4 is 12.0 Å². The van der Waals surface area contributed by atoms with Crippen molar-refractivity contribution < 1.29 is 19.1 Å². The highest BCUT2D eigenvalue weighted by molar-refractivity contribution is 5.82. The zero-order chi connectivity index (χ0) is 14.4. The van der Waals surface area contributed by atoms with E-state index in [9.17, 15) is 9.59 Å². The van der Waals surface area contributed by atoms with Crippen LogP contribution in [0.4, 0.5) is 4.79 Å². The third-order valence-electron chi connectivity index (χ3n) is 2.92. The third-order valence-corrected chi connectivity index (χ3v) is 2.92. The number of hydrogen-bond acceptors (Lipinski definition) is 3. The van der Waals surface area contributed by atoms with Crippen molar-refractivity contribution in [2.45, 2.75) is 38.8 Å². The molecule has 0 aliphatic rings. The van der Waals surface area contributed by atoms with E-state index in [1.54, 1.807) is 19.3 Å². The van der Waals surface area contributed by atoms with Crippen LogP contribution in [0.3, 0.4) is 0 Å². The second-order valence-electron chi connectivity index (χ2n) is 4.51. The number of nitrogens with zero attached hydrogens (tertiary/aromatic N) is 1. The van der Waals surface area contributed by atoms with Crippen LogP contribution in [0.25, 0.3) is 0 Å². The highest BCUT2D eigenvalue weighted by Crippen LogP contribution is 2.06. The lowest BCUT2D eigenvalue weighted by atomic mass is 10.2. The van der Waals surface area contributed by atoms with Gasteiger partial charge in [0.2, 0.25) is 0 Å². The van der Waals surface area contributed by atoms with Gasteiger partial charge in [0, 0.05) is 19.5 Å². The molecule has 1 heterocycles. The first kappa shape index (κ1) is 15.1. The molecule has 2 N–H and O–H groups in total. The maximum atomic E-state index is 11.9. The number of carboxylic acids is 1. The number of furan rings is 1. The maximum absolute atomic E-state index is 11.9. The number of carboxylic acid groups (broad SMARTS) is 1. The molecule has 6 nitrogen and oxygen atoms in total. The molecule has 106 valence electrons. The molecule has 2 atom stereocenters. The van der Waals surface area contributed by atoms with Crippen molar-refractivity contribution in [1.82, 2.24) is 10.2 Å². The monoisotopic (exact) mass is 268 g/mol. The minimum Gasteiger partial charge on any atom is -0.480 e. The van der Waals surface area contributed by atoms with E-state index in [0.717, 1.165) is 5.76 Å². The zero-order valence-corrected chi connectivity index (χ0v) is 11.4. The van der Waals surface area contributed by atoms with Gasteiger partial charge in [-0.2, -0.15) is 0 Å². The Bertz CT molecular complexity index is 416. The SMILES string of the molecule is CCC(C(=O)O)N(C)C(=O)NC(C)Cc1ccco1. The average Bonchev–Trinajstić information content (AvgIpc) is 2.81. The predicted octanol–water partition coefficient (Wildman–Crippen LogP) is 1.72. The number of carbonyl (C=O) groups is 2. The standard InChI is InChI=1S/C13H20N2O4/c1-4-11(12(16)17)15(3)13(18)14-9(2)8-10-6-5-7-19-10/h5-7,9,11H,4,8H2,1-3H3,(H,14,18)(H,16,17). The largest absolute Gasteiger partial charge is 0.480 e. The minimum atomic E-state index is -1.00. The summed E-state index contributed by atoms with van der Waals surface area (Å²) in [6.45, 7) is 3.57. The number of carbonyl (C=O) groups excluding carboxylic acids is 1. The van der Waals surface area contributed by atoms with Gasteiger partial charge in [-0.3, -0.25) is 0 Å². The Hall–Kier alpha value is -1.98. The van der Waals surface area contributed by atoms with Crippen LogP contribution in [0.5, 0.6) is 0 Å². The molecule has 0 radical (unpaired) electrons. The Morgan fingerprint density at radius 1 is 1.53 bits per heavy atom. The van der Waals surface area contributed by atoms with E-state index in [1.165, 1.54) is 11.9 Å². The summed E-state index contributed by atoms with van der Waals surface area (Å²) in [5, 5.41) is 11.7.